The van der Waals surface area contributed by atoms with Gasteiger partial charge in [0.25, 0.3) is 0 Å². The molecule has 2 saturated carbocycles. The second-order valence-corrected chi connectivity index (χ2v) is 19.9. The predicted molar refractivity (Wildman–Crippen MR) is 222 cm³/mol. The molecule has 0 radical (unpaired) electrons. The van der Waals surface area contributed by atoms with Crippen LogP contribution in [0.2, 0.25) is 0 Å². The van der Waals surface area contributed by atoms with E-state index in [9.17, 15) is 10.2 Å². The molecule has 4 aliphatic rings. The summed E-state index contributed by atoms with van der Waals surface area (Å²) in [6.45, 7) is 31.3. The van der Waals surface area contributed by atoms with Crippen molar-refractivity contribution in [2.45, 2.75) is 173 Å². The van der Waals surface area contributed by atoms with Crippen LogP contribution in [0.1, 0.15) is 148 Å². The Kier molecular flexibility index (Phi) is 19.8. The molecule has 290 valence electrons. The molecule has 51 heavy (non-hydrogen) atoms. The van der Waals surface area contributed by atoms with Crippen LogP contribution in [0.3, 0.4) is 0 Å². The van der Waals surface area contributed by atoms with Crippen LogP contribution < -0.4 is 0 Å². The van der Waals surface area contributed by atoms with Crippen LogP contribution in [0.15, 0.2) is 56.6 Å². The van der Waals surface area contributed by atoms with Crippen LogP contribution in [-0.2, 0) is 26.2 Å². The van der Waals surface area contributed by atoms with E-state index in [1.165, 1.54) is 62.5 Å². The molecule has 0 heterocycles. The van der Waals surface area contributed by atoms with Crippen molar-refractivity contribution in [2.24, 2.45) is 55.3 Å². The van der Waals surface area contributed by atoms with Crippen LogP contribution in [0.25, 0.3) is 0 Å². The molecule has 0 bridgehead atoms. The van der Waals surface area contributed by atoms with E-state index in [0.29, 0.717) is 23.9 Å². The molecule has 4 unspecified atom stereocenters. The smallest absolute Gasteiger partial charge is 0.388 e. The zero-order valence-electron chi connectivity index (χ0n) is 36.0. The summed E-state index contributed by atoms with van der Waals surface area (Å²) >= 11 is 0. The first kappa shape index (κ1) is 50.1. The minimum Gasteiger partial charge on any atom is -0.388 e. The monoisotopic (exact) mass is 783 g/mol. The Morgan fingerprint density at radius 2 is 0.843 bits per heavy atom. The van der Waals surface area contributed by atoms with Gasteiger partial charge in [-0.3, -0.25) is 9.98 Å². The van der Waals surface area contributed by atoms with Gasteiger partial charge in [0.15, 0.2) is 0 Å². The number of hydrogen-bond acceptors (Lipinski definition) is 4. The number of aliphatic hydroxyl groups is 2. The van der Waals surface area contributed by atoms with E-state index >= 15 is 0 Å². The second-order valence-electron chi connectivity index (χ2n) is 19.9. The van der Waals surface area contributed by atoms with Crippen molar-refractivity contribution in [2.75, 3.05) is 0 Å². The molecule has 2 N–H and O–H groups in total. The molecule has 4 rings (SSSR count). The minimum absolute atomic E-state index is 0. The van der Waals surface area contributed by atoms with Crippen LogP contribution in [0, 0.1) is 60.2 Å². The van der Waals surface area contributed by atoms with Crippen molar-refractivity contribution in [3.8, 4) is 0 Å². The summed E-state index contributed by atoms with van der Waals surface area (Å²) in [6.07, 6.45) is 22.1. The van der Waals surface area contributed by atoms with Crippen molar-refractivity contribution < 1.29 is 36.4 Å². The molecule has 5 heteroatoms. The summed E-state index contributed by atoms with van der Waals surface area (Å²) in [5.74, 6) is 1.57. The van der Waals surface area contributed by atoms with E-state index < -0.39 is 12.2 Å². The van der Waals surface area contributed by atoms with Crippen molar-refractivity contribution in [1.82, 2.24) is 0 Å². The number of hydrogen-bond donors (Lipinski definition) is 2. The maximum Gasteiger partial charge on any atom is 2.00 e. The predicted octanol–water partition coefficient (Wildman–Crippen LogP) is 12.0. The third-order valence-electron chi connectivity index (χ3n) is 11.4. The van der Waals surface area contributed by atoms with Crippen molar-refractivity contribution in [1.29, 1.82) is 0 Å². The van der Waals surface area contributed by atoms with Gasteiger partial charge < -0.3 is 25.1 Å². The van der Waals surface area contributed by atoms with Crippen molar-refractivity contribution >= 4 is 12.4 Å². The van der Waals surface area contributed by atoms with Gasteiger partial charge in [-0.1, -0.05) is 147 Å². The first-order valence-electron chi connectivity index (χ1n) is 19.3. The molecule has 0 aliphatic heterocycles. The normalized spacial score (nSPS) is 30.7. The minimum atomic E-state index is -0.459. The Bertz CT molecular complexity index is 1160. The summed E-state index contributed by atoms with van der Waals surface area (Å²) < 4.78 is 0. The molecule has 0 aromatic rings. The van der Waals surface area contributed by atoms with Gasteiger partial charge in [-0.2, -0.15) is 0 Å². The van der Waals surface area contributed by atoms with Gasteiger partial charge in [0.2, 0.25) is 0 Å². The van der Waals surface area contributed by atoms with E-state index in [2.05, 4.69) is 121 Å². The zero-order chi connectivity index (χ0) is 36.2. The first-order chi connectivity index (χ1) is 22.0. The van der Waals surface area contributed by atoms with Crippen LogP contribution in [0.4, 0.5) is 0 Å². The Balaban J connectivity index is 0.000000926. The fourth-order valence-corrected chi connectivity index (χ4v) is 7.62. The van der Waals surface area contributed by atoms with E-state index in [0.717, 1.165) is 11.1 Å². The largest absolute Gasteiger partial charge is 2.00 e. The second kappa shape index (κ2) is 20.1. The van der Waals surface area contributed by atoms with Gasteiger partial charge >= 0.3 is 26.2 Å². The molecule has 0 amide bonds. The molecule has 2 fully saturated rings. The molecule has 0 saturated heterocycles. The summed E-state index contributed by atoms with van der Waals surface area (Å²) in [5.41, 5.74) is 4.82. The molecule has 4 aliphatic carbocycles. The first-order valence-corrected chi connectivity index (χ1v) is 19.3. The Hall–Kier alpha value is -0.897. The van der Waals surface area contributed by atoms with E-state index in [-0.39, 0.29) is 74.6 Å². The third kappa shape index (κ3) is 14.4. The van der Waals surface area contributed by atoms with Gasteiger partial charge in [-0.15, -0.1) is 0 Å². The number of nitrogens with zero attached hydrogens (tertiary/aromatic N) is 2. The van der Waals surface area contributed by atoms with E-state index in [1.807, 2.05) is 12.4 Å². The SMILES string of the molecule is CC1CCCCC1N=CC1=CC(C(C)(C)C)=C[C@H](C(C)(C)C)[C@@H]1O.CC1CCCCC1N=CC1=CC(C(C)(C)C)=C[C@H](C(C)(C)C)[C@@H]1O.[CH3-].[CH3-].[Zr+2]. The Morgan fingerprint density at radius 3 is 1.10 bits per heavy atom. The van der Waals surface area contributed by atoms with Gasteiger partial charge in [0.1, 0.15) is 0 Å². The van der Waals surface area contributed by atoms with Gasteiger partial charge in [-0.25, -0.2) is 0 Å². The summed E-state index contributed by atoms with van der Waals surface area (Å²) in [5, 5.41) is 21.9. The van der Waals surface area contributed by atoms with Crippen LogP contribution >= 0.6 is 0 Å². The number of rotatable bonds is 4. The molecule has 8 atom stereocenters. The standard InChI is InChI=1S/2C22H37NO.2CH3.Zr/c2*1-15-10-8-9-11-19(15)23-14-16-12-17(21(2,3)4)13-18(20(16)24)22(5,6)7;;;/h2*12-15,18-20,24H,8-11H2,1-7H3;2*1H3;/q;;2*-1;+2/t2*15?,18-,19?,20+;;;/m00.../s1. The number of aliphatic imine (C=N–C) groups is 2. The molecule has 0 aromatic carbocycles. The maximum absolute atomic E-state index is 10.9. The average molecular weight is 784 g/mol. The average Bonchev–Trinajstić information content (AvgIpc) is 2.95. The fourth-order valence-electron chi connectivity index (χ4n) is 7.62. The fraction of sp³-hybridized carbons (Fsp3) is 0.739. The van der Waals surface area contributed by atoms with Crippen molar-refractivity contribution in [3.63, 3.8) is 0 Å². The molecular formula is C46H80N2O2Zr. The number of allylic oxidation sites excluding steroid dienone is 4. The van der Waals surface area contributed by atoms with E-state index in [1.54, 1.807) is 0 Å². The molecular weight excluding hydrogens is 704 g/mol. The third-order valence-corrected chi connectivity index (χ3v) is 11.4. The summed E-state index contributed by atoms with van der Waals surface area (Å²) in [4.78, 5) is 9.78. The van der Waals surface area contributed by atoms with Crippen molar-refractivity contribution in [3.05, 3.63) is 61.4 Å². The van der Waals surface area contributed by atoms with Gasteiger partial charge in [-0.05, 0) is 81.5 Å². The summed E-state index contributed by atoms with van der Waals surface area (Å²) in [6, 6.07) is 0.841. The van der Waals surface area contributed by atoms with Crippen LogP contribution in [0.5, 0.6) is 0 Å². The van der Waals surface area contributed by atoms with Gasteiger partial charge in [0, 0.05) is 24.3 Å². The number of aliphatic hydroxyl groups excluding tert-OH is 2. The zero-order valence-corrected chi connectivity index (χ0v) is 38.5. The van der Waals surface area contributed by atoms with Gasteiger partial charge in [0.05, 0.1) is 24.3 Å². The summed E-state index contributed by atoms with van der Waals surface area (Å²) in [7, 11) is 0. The molecule has 0 aromatic heterocycles. The van der Waals surface area contributed by atoms with Crippen LogP contribution in [-0.4, -0.2) is 46.9 Å². The van der Waals surface area contributed by atoms with E-state index in [4.69, 9.17) is 9.98 Å². The maximum atomic E-state index is 10.9. The quantitative estimate of drug-likeness (QED) is 0.220. The Labute approximate surface area is 336 Å². The Morgan fingerprint density at radius 1 is 0.549 bits per heavy atom. The molecule has 0 spiro atoms. The topological polar surface area (TPSA) is 65.2 Å². The molecule has 4 nitrogen and oxygen atoms in total.